The molecule has 0 spiro atoms. The zero-order valence-corrected chi connectivity index (χ0v) is 15.4. The van der Waals surface area contributed by atoms with Gasteiger partial charge in [0.1, 0.15) is 5.76 Å². The first-order valence-corrected chi connectivity index (χ1v) is 8.84. The Morgan fingerprint density at radius 2 is 2.19 bits per heavy atom. The van der Waals surface area contributed by atoms with E-state index in [0.29, 0.717) is 36.2 Å². The summed E-state index contributed by atoms with van der Waals surface area (Å²) >= 11 is 0. The second-order valence-corrected chi connectivity index (χ2v) is 7.25. The molecule has 0 saturated carbocycles. The van der Waals surface area contributed by atoms with E-state index in [9.17, 15) is 5.11 Å². The minimum atomic E-state index is -0.636. The molecule has 140 valence electrons. The number of aliphatic hydroxyl groups is 1. The number of fused-ring (bicyclic) bond motifs is 1. The number of piperidine rings is 1. The lowest BCUT2D eigenvalue weighted by Crippen LogP contribution is -2.45. The van der Waals surface area contributed by atoms with Crippen molar-refractivity contribution in [3.05, 3.63) is 23.6 Å². The molecule has 1 saturated heterocycles. The van der Waals surface area contributed by atoms with E-state index in [1.807, 2.05) is 26.0 Å². The predicted molar refractivity (Wildman–Crippen MR) is 94.5 cm³/mol. The maximum absolute atomic E-state index is 10.3. The van der Waals surface area contributed by atoms with Gasteiger partial charge in [-0.25, -0.2) is 4.98 Å². The van der Waals surface area contributed by atoms with Gasteiger partial charge in [-0.3, -0.25) is 4.90 Å². The van der Waals surface area contributed by atoms with E-state index < -0.39 is 5.60 Å². The van der Waals surface area contributed by atoms with Crippen molar-refractivity contribution in [2.75, 3.05) is 27.0 Å². The van der Waals surface area contributed by atoms with Crippen molar-refractivity contribution < 1.29 is 23.7 Å². The molecule has 2 aliphatic heterocycles. The highest BCUT2D eigenvalue weighted by molar-refractivity contribution is 5.66. The molecule has 2 aliphatic rings. The number of oxazole rings is 1. The van der Waals surface area contributed by atoms with Crippen molar-refractivity contribution in [2.45, 2.75) is 38.8 Å². The zero-order chi connectivity index (χ0) is 18.3. The molecule has 2 aromatic rings. The second-order valence-electron chi connectivity index (χ2n) is 7.25. The summed E-state index contributed by atoms with van der Waals surface area (Å²) in [7, 11) is 1.59. The number of aromatic nitrogens is 1. The van der Waals surface area contributed by atoms with E-state index in [1.165, 1.54) is 0 Å². The second kappa shape index (κ2) is 6.48. The topological polar surface area (TPSA) is 77.2 Å². The molecule has 1 aromatic heterocycles. The first kappa shape index (κ1) is 17.2. The summed E-state index contributed by atoms with van der Waals surface area (Å²) in [5, 5.41) is 10.3. The Bertz CT molecular complexity index is 815. The fourth-order valence-electron chi connectivity index (χ4n) is 3.62. The van der Waals surface area contributed by atoms with Gasteiger partial charge in [-0.15, -0.1) is 0 Å². The van der Waals surface area contributed by atoms with Gasteiger partial charge in [0.15, 0.2) is 11.5 Å². The fourth-order valence-corrected chi connectivity index (χ4v) is 3.62. The monoisotopic (exact) mass is 360 g/mol. The molecule has 7 nitrogen and oxygen atoms in total. The van der Waals surface area contributed by atoms with Crippen LogP contribution >= 0.6 is 0 Å². The standard InChI is InChI=1S/C19H24N2O5/c1-12-14(9-21-6-4-5-19(2,22)10-21)20-18(26-12)13-7-15(23-3)17-16(8-13)24-11-25-17/h7-8,22H,4-6,9-11H2,1-3H3. The van der Waals surface area contributed by atoms with Crippen LogP contribution in [0.15, 0.2) is 16.5 Å². The molecule has 1 unspecified atom stereocenters. The molecule has 0 amide bonds. The number of aryl methyl sites for hydroxylation is 1. The zero-order valence-electron chi connectivity index (χ0n) is 15.4. The van der Waals surface area contributed by atoms with E-state index in [-0.39, 0.29) is 6.79 Å². The number of benzene rings is 1. The van der Waals surface area contributed by atoms with Crippen LogP contribution in [0.1, 0.15) is 31.2 Å². The Hall–Kier alpha value is -2.25. The van der Waals surface area contributed by atoms with Crippen molar-refractivity contribution >= 4 is 0 Å². The molecule has 1 N–H and O–H groups in total. The number of likely N-dealkylation sites (tertiary alicyclic amines) is 1. The van der Waals surface area contributed by atoms with Crippen LogP contribution < -0.4 is 14.2 Å². The molecular weight excluding hydrogens is 336 g/mol. The van der Waals surface area contributed by atoms with E-state index >= 15 is 0 Å². The van der Waals surface area contributed by atoms with Gasteiger partial charge in [-0.05, 0) is 45.4 Å². The third-order valence-corrected chi connectivity index (χ3v) is 4.93. The number of nitrogens with zero attached hydrogens (tertiary/aromatic N) is 2. The Kier molecular flexibility index (Phi) is 4.28. The molecule has 3 heterocycles. The van der Waals surface area contributed by atoms with Crippen LogP contribution in [0.3, 0.4) is 0 Å². The van der Waals surface area contributed by atoms with E-state index in [4.69, 9.17) is 18.6 Å². The maximum atomic E-state index is 10.3. The van der Waals surface area contributed by atoms with Gasteiger partial charge in [0, 0.05) is 18.7 Å². The summed E-state index contributed by atoms with van der Waals surface area (Å²) in [4.78, 5) is 6.90. The fraction of sp³-hybridized carbons (Fsp3) is 0.526. The van der Waals surface area contributed by atoms with Crippen LogP contribution in [0, 0.1) is 6.92 Å². The highest BCUT2D eigenvalue weighted by Crippen LogP contribution is 2.44. The molecule has 0 bridgehead atoms. The van der Waals surface area contributed by atoms with Gasteiger partial charge < -0.3 is 23.7 Å². The number of rotatable bonds is 4. The van der Waals surface area contributed by atoms with Gasteiger partial charge >= 0.3 is 0 Å². The Labute approximate surface area is 152 Å². The summed E-state index contributed by atoms with van der Waals surface area (Å²) in [6, 6.07) is 3.69. The molecule has 0 radical (unpaired) electrons. The number of hydrogen-bond acceptors (Lipinski definition) is 7. The van der Waals surface area contributed by atoms with Gasteiger partial charge in [0.2, 0.25) is 18.4 Å². The average Bonchev–Trinajstić information content (AvgIpc) is 3.20. The van der Waals surface area contributed by atoms with Crippen molar-refractivity contribution in [1.82, 2.24) is 9.88 Å². The van der Waals surface area contributed by atoms with Crippen LogP contribution in [0.5, 0.6) is 17.2 Å². The number of β-amino-alcohol motifs (C(OH)–C–C–N with tert-alkyl or cyclic N) is 1. The largest absolute Gasteiger partial charge is 0.493 e. The maximum Gasteiger partial charge on any atom is 0.231 e. The van der Waals surface area contributed by atoms with Gasteiger partial charge in [0.05, 0.1) is 18.4 Å². The molecule has 26 heavy (non-hydrogen) atoms. The van der Waals surface area contributed by atoms with Crippen LogP contribution in [-0.4, -0.2) is 47.6 Å². The van der Waals surface area contributed by atoms with Crippen molar-refractivity contribution in [3.8, 4) is 28.7 Å². The van der Waals surface area contributed by atoms with Crippen molar-refractivity contribution in [2.24, 2.45) is 0 Å². The predicted octanol–water partition coefficient (Wildman–Crippen LogP) is 2.73. The number of ether oxygens (including phenoxy) is 3. The number of methoxy groups -OCH3 is 1. The lowest BCUT2D eigenvalue weighted by molar-refractivity contribution is -0.0185. The first-order valence-electron chi connectivity index (χ1n) is 8.84. The summed E-state index contributed by atoms with van der Waals surface area (Å²) in [6.45, 7) is 6.24. The summed E-state index contributed by atoms with van der Waals surface area (Å²) in [5.74, 6) is 3.14. The minimum absolute atomic E-state index is 0.180. The smallest absolute Gasteiger partial charge is 0.231 e. The van der Waals surface area contributed by atoms with Crippen LogP contribution in [0.2, 0.25) is 0 Å². The molecule has 0 aliphatic carbocycles. The van der Waals surface area contributed by atoms with E-state index in [2.05, 4.69) is 9.88 Å². The summed E-state index contributed by atoms with van der Waals surface area (Å²) in [6.07, 6.45) is 1.82. The van der Waals surface area contributed by atoms with Gasteiger partial charge in [0.25, 0.3) is 0 Å². The quantitative estimate of drug-likeness (QED) is 0.898. The highest BCUT2D eigenvalue weighted by atomic mass is 16.7. The molecule has 7 heteroatoms. The molecular formula is C19H24N2O5. The van der Waals surface area contributed by atoms with Gasteiger partial charge in [-0.1, -0.05) is 0 Å². The van der Waals surface area contributed by atoms with Crippen molar-refractivity contribution in [3.63, 3.8) is 0 Å². The third-order valence-electron chi connectivity index (χ3n) is 4.93. The molecule has 1 aromatic carbocycles. The average molecular weight is 360 g/mol. The first-order chi connectivity index (χ1) is 12.4. The SMILES string of the molecule is COc1cc(-c2nc(CN3CCCC(C)(O)C3)c(C)o2)cc2c1OCO2. The Morgan fingerprint density at radius 1 is 1.35 bits per heavy atom. The summed E-state index contributed by atoms with van der Waals surface area (Å²) < 4.78 is 22.2. The Balaban J connectivity index is 1.59. The van der Waals surface area contributed by atoms with Crippen LogP contribution in [0.4, 0.5) is 0 Å². The van der Waals surface area contributed by atoms with E-state index in [0.717, 1.165) is 36.4 Å². The Morgan fingerprint density at radius 3 is 2.96 bits per heavy atom. The minimum Gasteiger partial charge on any atom is -0.493 e. The molecule has 1 fully saturated rings. The van der Waals surface area contributed by atoms with Crippen LogP contribution in [-0.2, 0) is 6.54 Å². The van der Waals surface area contributed by atoms with E-state index in [1.54, 1.807) is 7.11 Å². The third kappa shape index (κ3) is 3.24. The molecule has 1 atom stereocenters. The lowest BCUT2D eigenvalue weighted by atomic mass is 9.95. The highest BCUT2D eigenvalue weighted by Gasteiger charge is 2.29. The normalized spacial score (nSPS) is 22.6. The molecule has 4 rings (SSSR count). The van der Waals surface area contributed by atoms with Crippen LogP contribution in [0.25, 0.3) is 11.5 Å². The number of hydrogen-bond donors (Lipinski definition) is 1. The summed E-state index contributed by atoms with van der Waals surface area (Å²) in [5.41, 5.74) is 1.03. The lowest BCUT2D eigenvalue weighted by Gasteiger charge is -2.36. The van der Waals surface area contributed by atoms with Gasteiger partial charge in [-0.2, -0.15) is 0 Å². The van der Waals surface area contributed by atoms with Crippen molar-refractivity contribution in [1.29, 1.82) is 0 Å².